The van der Waals surface area contributed by atoms with Crippen LogP contribution in [0.15, 0.2) is 0 Å². The maximum absolute atomic E-state index is 12.3. The molecule has 2 N–H and O–H groups in total. The molecule has 21 heavy (non-hydrogen) atoms. The summed E-state index contributed by atoms with van der Waals surface area (Å²) in [6.07, 6.45) is 4.58. The van der Waals surface area contributed by atoms with E-state index in [-0.39, 0.29) is 30.3 Å². The summed E-state index contributed by atoms with van der Waals surface area (Å²) in [6.45, 7) is 5.22. The molecule has 5 heteroatoms. The van der Waals surface area contributed by atoms with Crippen LogP contribution in [0, 0.1) is 23.7 Å². The summed E-state index contributed by atoms with van der Waals surface area (Å²) in [5.74, 6) is 1.38. The number of hydrogen-bond acceptors (Lipinski definition) is 3. The van der Waals surface area contributed by atoms with Gasteiger partial charge in [0.25, 0.3) is 0 Å². The Morgan fingerprint density at radius 3 is 2.19 bits per heavy atom. The van der Waals surface area contributed by atoms with Crippen molar-refractivity contribution in [3.05, 3.63) is 0 Å². The molecule has 0 heterocycles. The zero-order valence-electron chi connectivity index (χ0n) is 13.2. The number of rotatable bonds is 9. The van der Waals surface area contributed by atoms with Crippen molar-refractivity contribution in [1.82, 2.24) is 10.2 Å². The van der Waals surface area contributed by atoms with Gasteiger partial charge in [-0.15, -0.1) is 0 Å². The van der Waals surface area contributed by atoms with Gasteiger partial charge in [-0.25, -0.2) is 0 Å². The van der Waals surface area contributed by atoms with Crippen molar-refractivity contribution in [3.63, 3.8) is 0 Å². The van der Waals surface area contributed by atoms with Gasteiger partial charge in [-0.05, 0) is 37.5 Å². The summed E-state index contributed by atoms with van der Waals surface area (Å²) in [7, 11) is 0. The molecular weight excluding hydrogens is 268 g/mol. The number of hydrogen-bond donors (Lipinski definition) is 2. The fraction of sp³-hybridized carbons (Fsp3) is 0.875. The number of carbonyl (C=O) groups excluding carboxylic acids is 2. The Labute approximate surface area is 127 Å². The summed E-state index contributed by atoms with van der Waals surface area (Å²) in [6, 6.07) is 0. The molecule has 2 saturated carbocycles. The normalized spacial score (nSPS) is 20.7. The fourth-order valence-electron chi connectivity index (χ4n) is 2.82. The van der Waals surface area contributed by atoms with Crippen LogP contribution < -0.4 is 5.32 Å². The molecule has 120 valence electrons. The summed E-state index contributed by atoms with van der Waals surface area (Å²) in [5.41, 5.74) is 0. The zero-order chi connectivity index (χ0) is 15.4. The van der Waals surface area contributed by atoms with E-state index >= 15 is 0 Å². The van der Waals surface area contributed by atoms with Crippen LogP contribution in [0.5, 0.6) is 0 Å². The molecule has 2 aliphatic rings. The van der Waals surface area contributed by atoms with Gasteiger partial charge >= 0.3 is 0 Å². The van der Waals surface area contributed by atoms with Gasteiger partial charge in [0.1, 0.15) is 0 Å². The Morgan fingerprint density at radius 1 is 1.10 bits per heavy atom. The number of aliphatic hydroxyl groups excluding tert-OH is 1. The fourth-order valence-corrected chi connectivity index (χ4v) is 2.82. The molecule has 2 atom stereocenters. The third-order valence-corrected chi connectivity index (χ3v) is 4.82. The molecule has 0 saturated heterocycles. The number of nitrogens with one attached hydrogen (secondary N) is 1. The van der Waals surface area contributed by atoms with Crippen molar-refractivity contribution in [3.8, 4) is 0 Å². The Kier molecular flexibility index (Phi) is 5.62. The van der Waals surface area contributed by atoms with Gasteiger partial charge in [-0.3, -0.25) is 9.59 Å². The van der Waals surface area contributed by atoms with Gasteiger partial charge in [0, 0.05) is 31.5 Å². The first-order chi connectivity index (χ1) is 10.0. The zero-order valence-corrected chi connectivity index (χ0v) is 13.2. The molecule has 2 fully saturated rings. The van der Waals surface area contributed by atoms with Crippen LogP contribution in [0.25, 0.3) is 0 Å². The van der Waals surface area contributed by atoms with E-state index in [9.17, 15) is 9.59 Å². The molecule has 0 aromatic rings. The maximum Gasteiger partial charge on any atom is 0.225 e. The molecule has 5 nitrogen and oxygen atoms in total. The predicted octanol–water partition coefficient (Wildman–Crippen LogP) is 1.02. The first kappa shape index (κ1) is 16.3. The van der Waals surface area contributed by atoms with Crippen molar-refractivity contribution in [2.24, 2.45) is 23.7 Å². The lowest BCUT2D eigenvalue weighted by Gasteiger charge is -2.25. The Morgan fingerprint density at radius 2 is 1.67 bits per heavy atom. The topological polar surface area (TPSA) is 69.6 Å². The molecule has 0 aliphatic heterocycles. The number of nitrogens with zero attached hydrogens (tertiary/aromatic N) is 1. The average Bonchev–Trinajstić information content (AvgIpc) is 3.34. The van der Waals surface area contributed by atoms with E-state index in [1.165, 1.54) is 0 Å². The molecule has 0 aromatic heterocycles. The lowest BCUT2D eigenvalue weighted by molar-refractivity contribution is -0.136. The Balaban J connectivity index is 1.73. The number of aliphatic hydroxyl groups is 1. The largest absolute Gasteiger partial charge is 0.395 e. The third-order valence-electron chi connectivity index (χ3n) is 4.82. The summed E-state index contributed by atoms with van der Waals surface area (Å²) < 4.78 is 0. The molecule has 0 spiro atoms. The quantitative estimate of drug-likeness (QED) is 0.667. The van der Waals surface area contributed by atoms with E-state index in [2.05, 4.69) is 5.32 Å². The minimum atomic E-state index is -0.0322. The van der Waals surface area contributed by atoms with Crippen LogP contribution in [0.2, 0.25) is 0 Å². The van der Waals surface area contributed by atoms with E-state index in [4.69, 9.17) is 5.11 Å². The molecular formula is C16H28N2O3. The van der Waals surface area contributed by atoms with Gasteiger partial charge in [0.2, 0.25) is 11.8 Å². The highest BCUT2D eigenvalue weighted by Crippen LogP contribution is 2.37. The molecule has 2 aliphatic carbocycles. The van der Waals surface area contributed by atoms with Gasteiger partial charge < -0.3 is 15.3 Å². The van der Waals surface area contributed by atoms with E-state index in [0.717, 1.165) is 25.7 Å². The van der Waals surface area contributed by atoms with E-state index in [1.54, 1.807) is 4.90 Å². The standard InChI is InChI=1S/C16H28N2O3/c1-11(13-3-4-13)15(20)17-7-8-18(9-10-19)16(21)12(2)14-5-6-14/h11-14,19H,3-10H2,1-2H3,(H,17,20)/t11-,12+/m0/s1. The summed E-state index contributed by atoms with van der Waals surface area (Å²) >= 11 is 0. The lowest BCUT2D eigenvalue weighted by atomic mass is 10.0. The highest BCUT2D eigenvalue weighted by atomic mass is 16.3. The van der Waals surface area contributed by atoms with Gasteiger partial charge in [0.05, 0.1) is 6.61 Å². The van der Waals surface area contributed by atoms with Crippen molar-refractivity contribution in [2.75, 3.05) is 26.2 Å². The second-order valence-electron chi connectivity index (χ2n) is 6.59. The second kappa shape index (κ2) is 7.25. The van der Waals surface area contributed by atoms with E-state index in [0.29, 0.717) is 31.5 Å². The minimum absolute atomic E-state index is 0.0322. The van der Waals surface area contributed by atoms with Gasteiger partial charge in [-0.2, -0.15) is 0 Å². The highest BCUT2D eigenvalue weighted by Gasteiger charge is 2.35. The average molecular weight is 296 g/mol. The summed E-state index contributed by atoms with van der Waals surface area (Å²) in [5, 5.41) is 12.0. The first-order valence-electron chi connectivity index (χ1n) is 8.22. The second-order valence-corrected chi connectivity index (χ2v) is 6.59. The third kappa shape index (κ3) is 4.70. The minimum Gasteiger partial charge on any atom is -0.395 e. The van der Waals surface area contributed by atoms with Crippen LogP contribution in [-0.2, 0) is 9.59 Å². The molecule has 2 rings (SSSR count). The SMILES string of the molecule is C[C@H](C(=O)NCCN(CCO)C(=O)[C@H](C)C1CC1)C1CC1. The summed E-state index contributed by atoms with van der Waals surface area (Å²) in [4.78, 5) is 26.0. The molecule has 0 unspecified atom stereocenters. The van der Waals surface area contributed by atoms with Crippen LogP contribution in [0.1, 0.15) is 39.5 Å². The Bertz CT molecular complexity index is 378. The van der Waals surface area contributed by atoms with Crippen LogP contribution in [0.4, 0.5) is 0 Å². The van der Waals surface area contributed by atoms with Crippen LogP contribution >= 0.6 is 0 Å². The molecule has 2 amide bonds. The molecule has 0 radical (unpaired) electrons. The van der Waals surface area contributed by atoms with Gasteiger partial charge in [0.15, 0.2) is 0 Å². The van der Waals surface area contributed by atoms with Crippen molar-refractivity contribution in [2.45, 2.75) is 39.5 Å². The smallest absolute Gasteiger partial charge is 0.225 e. The predicted molar refractivity (Wildman–Crippen MR) is 80.5 cm³/mol. The van der Waals surface area contributed by atoms with E-state index < -0.39 is 0 Å². The molecule has 0 bridgehead atoms. The maximum atomic E-state index is 12.3. The van der Waals surface area contributed by atoms with Crippen LogP contribution in [-0.4, -0.2) is 48.1 Å². The van der Waals surface area contributed by atoms with Crippen molar-refractivity contribution in [1.29, 1.82) is 0 Å². The number of carbonyl (C=O) groups is 2. The monoisotopic (exact) mass is 296 g/mol. The Hall–Kier alpha value is -1.10. The molecule has 0 aromatic carbocycles. The van der Waals surface area contributed by atoms with Crippen LogP contribution in [0.3, 0.4) is 0 Å². The first-order valence-corrected chi connectivity index (χ1v) is 8.22. The van der Waals surface area contributed by atoms with E-state index in [1.807, 2.05) is 13.8 Å². The lowest BCUT2D eigenvalue weighted by Crippen LogP contribution is -2.43. The number of amides is 2. The van der Waals surface area contributed by atoms with Crippen molar-refractivity contribution < 1.29 is 14.7 Å². The highest BCUT2D eigenvalue weighted by molar-refractivity contribution is 5.80. The van der Waals surface area contributed by atoms with Gasteiger partial charge in [-0.1, -0.05) is 13.8 Å². The van der Waals surface area contributed by atoms with Crippen molar-refractivity contribution >= 4 is 11.8 Å².